The Morgan fingerprint density at radius 3 is 3.06 bits per heavy atom. The van der Waals surface area contributed by atoms with Gasteiger partial charge in [0.25, 0.3) is 0 Å². The van der Waals surface area contributed by atoms with Crippen LogP contribution in [0.5, 0.6) is 5.75 Å². The molecule has 5 nitrogen and oxygen atoms in total. The number of aromatic nitrogens is 2. The smallest absolute Gasteiger partial charge is 0.307 e. The SMILES string of the molecule is COc1ccc2nc([C@@H]3C[C@H]3C(=O)O)[nH]c2c1. The maximum atomic E-state index is 10.8. The number of nitrogens with one attached hydrogen (secondary N) is 1. The van der Waals surface area contributed by atoms with Crippen LogP contribution >= 0.6 is 0 Å². The maximum Gasteiger partial charge on any atom is 0.307 e. The summed E-state index contributed by atoms with van der Waals surface area (Å²) in [6.45, 7) is 0. The van der Waals surface area contributed by atoms with Crippen molar-refractivity contribution in [2.75, 3.05) is 7.11 Å². The molecule has 5 heteroatoms. The minimum absolute atomic E-state index is 0.0332. The number of fused-ring (bicyclic) bond motifs is 1. The van der Waals surface area contributed by atoms with Crippen molar-refractivity contribution in [1.82, 2.24) is 9.97 Å². The van der Waals surface area contributed by atoms with Gasteiger partial charge < -0.3 is 14.8 Å². The largest absolute Gasteiger partial charge is 0.497 e. The minimum Gasteiger partial charge on any atom is -0.497 e. The highest BCUT2D eigenvalue weighted by molar-refractivity contribution is 5.78. The minimum atomic E-state index is -0.743. The van der Waals surface area contributed by atoms with Crippen LogP contribution < -0.4 is 4.74 Å². The summed E-state index contributed by atoms with van der Waals surface area (Å²) in [6, 6.07) is 5.57. The fourth-order valence-corrected chi connectivity index (χ4v) is 2.08. The molecule has 2 aromatic rings. The highest BCUT2D eigenvalue weighted by atomic mass is 16.5. The quantitative estimate of drug-likeness (QED) is 0.845. The number of nitrogens with zero attached hydrogens (tertiary/aromatic N) is 1. The number of aliphatic carboxylic acids is 1. The summed E-state index contributed by atoms with van der Waals surface area (Å²) in [6.07, 6.45) is 0.673. The fourth-order valence-electron chi connectivity index (χ4n) is 2.08. The molecule has 1 aliphatic carbocycles. The first kappa shape index (κ1) is 10.1. The van der Waals surface area contributed by atoms with Crippen molar-refractivity contribution in [1.29, 1.82) is 0 Å². The highest BCUT2D eigenvalue weighted by Gasteiger charge is 2.46. The molecule has 2 N–H and O–H groups in total. The molecule has 1 aliphatic rings. The summed E-state index contributed by atoms with van der Waals surface area (Å²) < 4.78 is 5.13. The molecule has 1 aromatic heterocycles. The molecule has 1 saturated carbocycles. The molecule has 0 spiro atoms. The molecule has 1 fully saturated rings. The number of carbonyl (C=O) groups is 1. The van der Waals surface area contributed by atoms with Crippen molar-refractivity contribution in [2.45, 2.75) is 12.3 Å². The summed E-state index contributed by atoms with van der Waals surface area (Å²) in [7, 11) is 1.61. The number of ether oxygens (including phenoxy) is 1. The van der Waals surface area contributed by atoms with Gasteiger partial charge in [-0.25, -0.2) is 4.98 Å². The van der Waals surface area contributed by atoms with Crippen molar-refractivity contribution >= 4 is 17.0 Å². The predicted molar refractivity (Wildman–Crippen MR) is 61.1 cm³/mol. The van der Waals surface area contributed by atoms with E-state index in [-0.39, 0.29) is 11.8 Å². The lowest BCUT2D eigenvalue weighted by atomic mass is 10.3. The first-order valence-electron chi connectivity index (χ1n) is 5.45. The monoisotopic (exact) mass is 232 g/mol. The van der Waals surface area contributed by atoms with Crippen LogP contribution in [-0.4, -0.2) is 28.2 Å². The zero-order valence-corrected chi connectivity index (χ0v) is 9.30. The Labute approximate surface area is 97.4 Å². The van der Waals surface area contributed by atoms with E-state index in [2.05, 4.69) is 9.97 Å². The second-order valence-electron chi connectivity index (χ2n) is 4.29. The molecule has 0 unspecified atom stereocenters. The molecule has 2 atom stereocenters. The van der Waals surface area contributed by atoms with Crippen molar-refractivity contribution < 1.29 is 14.6 Å². The van der Waals surface area contributed by atoms with E-state index < -0.39 is 5.97 Å². The first-order chi connectivity index (χ1) is 8.19. The van der Waals surface area contributed by atoms with Crippen LogP contribution in [-0.2, 0) is 4.79 Å². The van der Waals surface area contributed by atoms with E-state index in [1.807, 2.05) is 18.2 Å². The van der Waals surface area contributed by atoms with Gasteiger partial charge in [-0.15, -0.1) is 0 Å². The fraction of sp³-hybridized carbons (Fsp3) is 0.333. The molecule has 17 heavy (non-hydrogen) atoms. The Bertz CT molecular complexity index is 590. The Kier molecular flexibility index (Phi) is 2.07. The van der Waals surface area contributed by atoms with Gasteiger partial charge in [-0.1, -0.05) is 0 Å². The molecule has 0 aliphatic heterocycles. The van der Waals surface area contributed by atoms with Crippen molar-refractivity contribution in [2.24, 2.45) is 5.92 Å². The number of imidazole rings is 1. The van der Waals surface area contributed by atoms with Gasteiger partial charge in [0.2, 0.25) is 0 Å². The van der Waals surface area contributed by atoms with E-state index in [0.29, 0.717) is 6.42 Å². The van der Waals surface area contributed by atoms with Crippen LogP contribution in [0.1, 0.15) is 18.2 Å². The number of hydrogen-bond acceptors (Lipinski definition) is 3. The average molecular weight is 232 g/mol. The van der Waals surface area contributed by atoms with Crippen LogP contribution in [0.3, 0.4) is 0 Å². The Balaban J connectivity index is 1.95. The molecule has 0 amide bonds. The van der Waals surface area contributed by atoms with Gasteiger partial charge >= 0.3 is 5.97 Å². The number of hydrogen-bond donors (Lipinski definition) is 2. The van der Waals surface area contributed by atoms with Gasteiger partial charge in [-0.05, 0) is 18.6 Å². The molecule has 1 heterocycles. The van der Waals surface area contributed by atoms with Gasteiger partial charge in [0, 0.05) is 12.0 Å². The zero-order valence-electron chi connectivity index (χ0n) is 9.30. The van der Waals surface area contributed by atoms with Crippen molar-refractivity contribution in [3.05, 3.63) is 24.0 Å². The first-order valence-corrected chi connectivity index (χ1v) is 5.45. The number of carboxylic acids is 1. The standard InChI is InChI=1S/C12H12N2O3/c1-17-6-2-3-9-10(4-6)14-11(13-9)7-5-8(7)12(15)16/h2-4,7-8H,5H2,1H3,(H,13,14)(H,15,16)/t7-,8-/m1/s1. The lowest BCUT2D eigenvalue weighted by Gasteiger charge is -1.96. The van der Waals surface area contributed by atoms with E-state index in [4.69, 9.17) is 9.84 Å². The number of rotatable bonds is 3. The number of methoxy groups -OCH3 is 1. The van der Waals surface area contributed by atoms with Crippen LogP contribution in [0, 0.1) is 5.92 Å². The summed E-state index contributed by atoms with van der Waals surface area (Å²) in [5, 5.41) is 8.88. The molecule has 0 bridgehead atoms. The number of H-pyrrole nitrogens is 1. The normalized spacial score (nSPS) is 22.6. The van der Waals surface area contributed by atoms with Gasteiger partial charge in [0.05, 0.1) is 24.1 Å². The van der Waals surface area contributed by atoms with Gasteiger partial charge in [-0.2, -0.15) is 0 Å². The topological polar surface area (TPSA) is 75.2 Å². The second kappa shape index (κ2) is 3.48. The number of carboxylic acid groups (broad SMARTS) is 1. The molecule has 0 radical (unpaired) electrons. The zero-order chi connectivity index (χ0) is 12.0. The predicted octanol–water partition coefficient (Wildman–Crippen LogP) is 1.76. The molecule has 88 valence electrons. The highest BCUT2D eigenvalue weighted by Crippen LogP contribution is 2.46. The molecular formula is C12H12N2O3. The molecular weight excluding hydrogens is 220 g/mol. The third-order valence-corrected chi connectivity index (χ3v) is 3.17. The second-order valence-corrected chi connectivity index (χ2v) is 4.29. The summed E-state index contributed by atoms with van der Waals surface area (Å²) >= 11 is 0. The Hall–Kier alpha value is -2.04. The lowest BCUT2D eigenvalue weighted by molar-refractivity contribution is -0.138. The average Bonchev–Trinajstić information content (AvgIpc) is 3.02. The van der Waals surface area contributed by atoms with Crippen molar-refractivity contribution in [3.8, 4) is 5.75 Å². The van der Waals surface area contributed by atoms with E-state index in [1.165, 1.54) is 0 Å². The third kappa shape index (κ3) is 1.63. The summed E-state index contributed by atoms with van der Waals surface area (Å²) in [5.41, 5.74) is 1.73. The van der Waals surface area contributed by atoms with E-state index in [1.54, 1.807) is 7.11 Å². The maximum absolute atomic E-state index is 10.8. The van der Waals surface area contributed by atoms with E-state index in [9.17, 15) is 4.79 Å². The van der Waals surface area contributed by atoms with Gasteiger partial charge in [-0.3, -0.25) is 4.79 Å². The number of aromatic amines is 1. The Morgan fingerprint density at radius 1 is 1.59 bits per heavy atom. The molecule has 0 saturated heterocycles. The summed E-state index contributed by atoms with van der Waals surface area (Å²) in [4.78, 5) is 18.4. The lowest BCUT2D eigenvalue weighted by Crippen LogP contribution is -1.99. The van der Waals surface area contributed by atoms with E-state index >= 15 is 0 Å². The van der Waals surface area contributed by atoms with Crippen LogP contribution in [0.2, 0.25) is 0 Å². The van der Waals surface area contributed by atoms with Gasteiger partial charge in [0.1, 0.15) is 11.6 Å². The van der Waals surface area contributed by atoms with Crippen LogP contribution in [0.25, 0.3) is 11.0 Å². The Morgan fingerprint density at radius 2 is 2.41 bits per heavy atom. The van der Waals surface area contributed by atoms with Crippen LogP contribution in [0.15, 0.2) is 18.2 Å². The molecule has 1 aromatic carbocycles. The van der Waals surface area contributed by atoms with Gasteiger partial charge in [0.15, 0.2) is 0 Å². The summed E-state index contributed by atoms with van der Waals surface area (Å²) in [5.74, 6) is 0.537. The third-order valence-electron chi connectivity index (χ3n) is 3.17. The van der Waals surface area contributed by atoms with Crippen molar-refractivity contribution in [3.63, 3.8) is 0 Å². The molecule has 3 rings (SSSR count). The van der Waals surface area contributed by atoms with E-state index in [0.717, 1.165) is 22.6 Å². The van der Waals surface area contributed by atoms with Crippen LogP contribution in [0.4, 0.5) is 0 Å². The number of benzene rings is 1.